The monoisotopic (exact) mass is 441 g/mol. The lowest BCUT2D eigenvalue weighted by Gasteiger charge is -2.10. The van der Waals surface area contributed by atoms with Gasteiger partial charge in [-0.3, -0.25) is 4.79 Å². The number of thioether (sulfide) groups is 1. The largest absolute Gasteiger partial charge is 0.483 e. The van der Waals surface area contributed by atoms with Crippen molar-refractivity contribution in [3.63, 3.8) is 0 Å². The Balaban J connectivity index is 1.62. The lowest BCUT2D eigenvalue weighted by atomic mass is 10.2. The second-order valence-corrected chi connectivity index (χ2v) is 7.84. The van der Waals surface area contributed by atoms with Crippen molar-refractivity contribution in [3.05, 3.63) is 63.1 Å². The molecule has 0 aliphatic carbocycles. The maximum absolute atomic E-state index is 11.9. The van der Waals surface area contributed by atoms with E-state index in [-0.39, 0.29) is 12.5 Å². The Bertz CT molecular complexity index is 712. The number of hydrogen-bond donors (Lipinski definition) is 1. The smallest absolute Gasteiger partial charge is 0.257 e. The summed E-state index contributed by atoms with van der Waals surface area (Å²) in [6, 6.07) is 13.7. The average molecular weight is 443 g/mol. The molecule has 0 fully saturated rings. The Morgan fingerprint density at radius 3 is 2.80 bits per heavy atom. The molecule has 0 radical (unpaired) electrons. The van der Waals surface area contributed by atoms with Crippen molar-refractivity contribution in [2.24, 2.45) is 0 Å². The van der Waals surface area contributed by atoms with Gasteiger partial charge < -0.3 is 10.1 Å². The Labute approximate surface area is 166 Å². The minimum Gasteiger partial charge on any atom is -0.483 e. The molecule has 0 aliphatic heterocycles. The molecule has 1 amide bonds. The fourth-order valence-corrected chi connectivity index (χ4v) is 3.71. The molecule has 0 aromatic heterocycles. The van der Waals surface area contributed by atoms with E-state index in [1.165, 1.54) is 11.1 Å². The zero-order valence-electron chi connectivity index (χ0n) is 14.1. The summed E-state index contributed by atoms with van der Waals surface area (Å²) in [5, 5.41) is 3.62. The van der Waals surface area contributed by atoms with E-state index in [1.54, 1.807) is 11.8 Å². The van der Waals surface area contributed by atoms with Crippen molar-refractivity contribution in [3.8, 4) is 5.75 Å². The molecule has 0 saturated carbocycles. The highest BCUT2D eigenvalue weighted by molar-refractivity contribution is 9.10. The van der Waals surface area contributed by atoms with Gasteiger partial charge in [0.15, 0.2) is 6.61 Å². The summed E-state index contributed by atoms with van der Waals surface area (Å²) in [7, 11) is 0. The molecule has 2 aromatic rings. The lowest BCUT2D eigenvalue weighted by Crippen LogP contribution is -2.30. The van der Waals surface area contributed by atoms with E-state index in [2.05, 4.69) is 28.2 Å². The lowest BCUT2D eigenvalue weighted by molar-refractivity contribution is -0.122. The summed E-state index contributed by atoms with van der Waals surface area (Å²) in [6.45, 7) is 2.73. The summed E-state index contributed by atoms with van der Waals surface area (Å²) in [4.78, 5) is 11.9. The van der Waals surface area contributed by atoms with Crippen LogP contribution in [0.4, 0.5) is 0 Å². The summed E-state index contributed by atoms with van der Waals surface area (Å²) >= 11 is 11.2. The van der Waals surface area contributed by atoms with Gasteiger partial charge in [-0.25, -0.2) is 0 Å². The summed E-state index contributed by atoms with van der Waals surface area (Å²) in [5.74, 6) is 2.29. The number of amides is 1. The van der Waals surface area contributed by atoms with Gasteiger partial charge in [0.25, 0.3) is 5.91 Å². The zero-order valence-corrected chi connectivity index (χ0v) is 17.2. The first-order valence-electron chi connectivity index (χ1n) is 8.08. The first kappa shape index (κ1) is 20.1. The van der Waals surface area contributed by atoms with Crippen LogP contribution in [-0.2, 0) is 17.0 Å². The molecule has 0 heterocycles. The fourth-order valence-electron chi connectivity index (χ4n) is 2.16. The highest BCUT2D eigenvalue weighted by Gasteiger charge is 2.06. The molecule has 25 heavy (non-hydrogen) atoms. The van der Waals surface area contributed by atoms with Gasteiger partial charge in [0.2, 0.25) is 0 Å². The van der Waals surface area contributed by atoms with Crippen molar-refractivity contribution < 1.29 is 9.53 Å². The first-order chi connectivity index (χ1) is 12.1. The van der Waals surface area contributed by atoms with Crippen molar-refractivity contribution in [1.82, 2.24) is 5.32 Å². The number of nitrogens with one attached hydrogen (secondary N) is 1. The number of halogens is 2. The van der Waals surface area contributed by atoms with Gasteiger partial charge in [-0.05, 0) is 57.7 Å². The number of ether oxygens (including phenoxy) is 1. The molecule has 2 aromatic carbocycles. The van der Waals surface area contributed by atoms with E-state index >= 15 is 0 Å². The SMILES string of the molecule is CCc1ccc(OCC(=O)NCCSCc2cccc(Cl)c2)c(Br)c1. The molecule has 1 N–H and O–H groups in total. The quantitative estimate of drug-likeness (QED) is 0.550. The third-order valence-electron chi connectivity index (χ3n) is 3.49. The van der Waals surface area contributed by atoms with E-state index in [9.17, 15) is 4.79 Å². The highest BCUT2D eigenvalue weighted by atomic mass is 79.9. The van der Waals surface area contributed by atoms with Crippen molar-refractivity contribution in [1.29, 1.82) is 0 Å². The standard InChI is InChI=1S/C19H21BrClNO2S/c1-2-14-6-7-18(17(20)11-14)24-12-19(23)22-8-9-25-13-15-4-3-5-16(21)10-15/h3-7,10-11H,2,8-9,12-13H2,1H3,(H,22,23). The normalized spacial score (nSPS) is 10.5. The van der Waals surface area contributed by atoms with Gasteiger partial charge in [0.1, 0.15) is 5.75 Å². The van der Waals surface area contributed by atoms with Crippen LogP contribution in [0.3, 0.4) is 0 Å². The van der Waals surface area contributed by atoms with E-state index < -0.39 is 0 Å². The molecular weight excluding hydrogens is 422 g/mol. The summed E-state index contributed by atoms with van der Waals surface area (Å²) in [5.41, 5.74) is 2.41. The minimum atomic E-state index is -0.116. The first-order valence-corrected chi connectivity index (χ1v) is 10.4. The molecule has 0 spiro atoms. The van der Waals surface area contributed by atoms with Crippen LogP contribution in [0, 0.1) is 0 Å². The number of carbonyl (C=O) groups excluding carboxylic acids is 1. The topological polar surface area (TPSA) is 38.3 Å². The molecule has 0 saturated heterocycles. The molecule has 6 heteroatoms. The Kier molecular flexibility index (Phi) is 8.65. The average Bonchev–Trinajstić information content (AvgIpc) is 2.60. The van der Waals surface area contributed by atoms with Crippen LogP contribution in [0.1, 0.15) is 18.1 Å². The third-order valence-corrected chi connectivity index (χ3v) is 5.37. The van der Waals surface area contributed by atoms with Gasteiger partial charge in [0.05, 0.1) is 4.47 Å². The number of aryl methyl sites for hydroxylation is 1. The van der Waals surface area contributed by atoms with Crippen LogP contribution in [0.15, 0.2) is 46.9 Å². The number of hydrogen-bond acceptors (Lipinski definition) is 3. The molecule has 0 bridgehead atoms. The highest BCUT2D eigenvalue weighted by Crippen LogP contribution is 2.26. The maximum Gasteiger partial charge on any atom is 0.257 e. The second kappa shape index (κ2) is 10.7. The van der Waals surface area contributed by atoms with Gasteiger partial charge in [-0.15, -0.1) is 0 Å². The van der Waals surface area contributed by atoms with Crippen molar-refractivity contribution >= 4 is 45.2 Å². The number of carbonyl (C=O) groups is 1. The third kappa shape index (κ3) is 7.30. The number of rotatable bonds is 9. The molecule has 2 rings (SSSR count). The Morgan fingerprint density at radius 2 is 2.08 bits per heavy atom. The molecule has 0 atom stereocenters. The predicted molar refractivity (Wildman–Crippen MR) is 110 cm³/mol. The van der Waals surface area contributed by atoms with Crippen LogP contribution < -0.4 is 10.1 Å². The molecule has 134 valence electrons. The van der Waals surface area contributed by atoms with Gasteiger partial charge in [0, 0.05) is 23.1 Å². The molecule has 0 aliphatic rings. The van der Waals surface area contributed by atoms with Gasteiger partial charge >= 0.3 is 0 Å². The number of benzene rings is 2. The minimum absolute atomic E-state index is 0.0169. The Hall–Kier alpha value is -1.17. The van der Waals surface area contributed by atoms with E-state index in [4.69, 9.17) is 16.3 Å². The van der Waals surface area contributed by atoms with Gasteiger partial charge in [-0.1, -0.05) is 36.7 Å². The van der Waals surface area contributed by atoms with Crippen LogP contribution in [-0.4, -0.2) is 24.8 Å². The van der Waals surface area contributed by atoms with Gasteiger partial charge in [-0.2, -0.15) is 11.8 Å². The van der Waals surface area contributed by atoms with E-state index in [1.807, 2.05) is 42.5 Å². The predicted octanol–water partition coefficient (Wildman–Crippen LogP) is 5.09. The van der Waals surface area contributed by atoms with Crippen LogP contribution in [0.5, 0.6) is 5.75 Å². The van der Waals surface area contributed by atoms with E-state index in [0.29, 0.717) is 12.3 Å². The van der Waals surface area contributed by atoms with Crippen LogP contribution >= 0.6 is 39.3 Å². The van der Waals surface area contributed by atoms with Crippen LogP contribution in [0.25, 0.3) is 0 Å². The zero-order chi connectivity index (χ0) is 18.1. The maximum atomic E-state index is 11.9. The summed E-state index contributed by atoms with van der Waals surface area (Å²) < 4.78 is 6.43. The molecule has 3 nitrogen and oxygen atoms in total. The molecular formula is C19H21BrClNO2S. The summed E-state index contributed by atoms with van der Waals surface area (Å²) in [6.07, 6.45) is 0.965. The van der Waals surface area contributed by atoms with Crippen molar-refractivity contribution in [2.75, 3.05) is 18.9 Å². The Morgan fingerprint density at radius 1 is 1.24 bits per heavy atom. The van der Waals surface area contributed by atoms with E-state index in [0.717, 1.165) is 27.4 Å². The fraction of sp³-hybridized carbons (Fsp3) is 0.316. The second-order valence-electron chi connectivity index (χ2n) is 5.44. The molecule has 0 unspecified atom stereocenters. The van der Waals surface area contributed by atoms with Crippen molar-refractivity contribution in [2.45, 2.75) is 19.1 Å². The van der Waals surface area contributed by atoms with Crippen LogP contribution in [0.2, 0.25) is 5.02 Å².